The van der Waals surface area contributed by atoms with E-state index in [4.69, 9.17) is 33.2 Å². The summed E-state index contributed by atoms with van der Waals surface area (Å²) in [4.78, 5) is 0. The van der Waals surface area contributed by atoms with E-state index in [9.17, 15) is 92.2 Å². The molecule has 0 radical (unpaired) electrons. The summed E-state index contributed by atoms with van der Waals surface area (Å²) in [5.74, 6) is -69.5. The molecule has 0 amide bonds. The van der Waals surface area contributed by atoms with Crippen molar-refractivity contribution < 1.29 is 92.2 Å². The fourth-order valence-corrected chi connectivity index (χ4v) is 1.51. The van der Waals surface area contributed by atoms with Gasteiger partial charge in [0.1, 0.15) is 0 Å². The summed E-state index contributed by atoms with van der Waals surface area (Å²) in [5.41, 5.74) is 0. The van der Waals surface area contributed by atoms with E-state index in [0.717, 1.165) is 0 Å². The molecule has 0 saturated heterocycles. The largest absolute Gasteiger partial charge is 0.460 e. The van der Waals surface area contributed by atoms with Crippen LogP contribution in [0.2, 0.25) is 0 Å². The average molecular weight is 656 g/mol. The zero-order chi connectivity index (χ0) is 29.7. The Morgan fingerprint density at radius 3 is 0.714 bits per heavy atom. The molecule has 0 aliphatic heterocycles. The molecule has 0 nitrogen and oxygen atoms in total. The third kappa shape index (κ3) is 5.58. The van der Waals surface area contributed by atoms with Crippen LogP contribution in [-0.4, -0.2) is 66.7 Å². The summed E-state index contributed by atoms with van der Waals surface area (Å²) in [7, 11) is 0. The minimum absolute atomic E-state index is 1.72. The molecule has 0 aliphatic carbocycles. The maximum atomic E-state index is 13.1. The van der Waals surface area contributed by atoms with Gasteiger partial charge in [-0.2, -0.15) is 83.4 Å². The van der Waals surface area contributed by atoms with Crippen LogP contribution >= 0.6 is 33.2 Å². The normalized spacial score (nSPS) is 15.9. The van der Waals surface area contributed by atoms with Crippen molar-refractivity contribution in [2.24, 2.45) is 0 Å². The van der Waals surface area contributed by atoms with Crippen LogP contribution in [0.5, 0.6) is 0 Å². The zero-order valence-corrected chi connectivity index (χ0v) is 18.1. The Balaban J connectivity index is 0. The quantitative estimate of drug-likeness (QED) is 0.140. The summed E-state index contributed by atoms with van der Waals surface area (Å²) in [6.07, 6.45) is -14.1. The third-order valence-corrected chi connectivity index (χ3v) is 3.41. The Morgan fingerprint density at radius 2 is 0.543 bits per heavy atom. The first-order valence-corrected chi connectivity index (χ1v) is 12.2. The first-order chi connectivity index (χ1) is 14.7. The molecule has 25 heteroatoms. The number of hydrogen-bond donors (Lipinski definition) is 0. The van der Waals surface area contributed by atoms with E-state index < -0.39 is 66.7 Å². The molecular weight excluding hydrogens is 654 g/mol. The second kappa shape index (κ2) is 10.1. The molecule has 0 unspecified atom stereocenters. The van der Waals surface area contributed by atoms with E-state index in [1.807, 2.05) is 0 Å². The van der Waals surface area contributed by atoms with Gasteiger partial charge in [0, 0.05) is 0 Å². The lowest BCUT2D eigenvalue weighted by Crippen LogP contribution is -2.76. The third-order valence-electron chi connectivity index (χ3n) is 3.41. The van der Waals surface area contributed by atoms with Gasteiger partial charge in [-0.1, -0.05) is 0 Å². The smallest absolute Gasteiger partial charge is 0.203 e. The predicted molar refractivity (Wildman–Crippen MR) is 76.3 cm³/mol. The summed E-state index contributed by atoms with van der Waals surface area (Å²) in [6.45, 7) is -1.72. The lowest BCUT2D eigenvalue weighted by Gasteiger charge is -2.43. The van der Waals surface area contributed by atoms with Gasteiger partial charge in [0.2, 0.25) is 0 Å². The van der Waals surface area contributed by atoms with Gasteiger partial charge in [0.25, 0.3) is 0 Å². The topological polar surface area (TPSA) is 0 Å². The van der Waals surface area contributed by atoms with Crippen LogP contribution in [0, 0.1) is 0 Å². The highest BCUT2D eigenvalue weighted by Gasteiger charge is 2.97. The predicted octanol–water partition coefficient (Wildman–Crippen LogP) is 8.32. The van der Waals surface area contributed by atoms with Crippen molar-refractivity contribution >= 4 is 40.0 Å². The molecule has 0 atom stereocenters. The van der Waals surface area contributed by atoms with Gasteiger partial charge in [-0.05, 0) is 0 Å². The molecule has 0 rings (SSSR count). The number of hydrogen-bond acceptors (Lipinski definition) is 0. The van der Waals surface area contributed by atoms with Gasteiger partial charge in [-0.15, -0.1) is 33.2 Å². The molecule has 0 spiro atoms. The van der Waals surface area contributed by atoms with E-state index in [1.54, 1.807) is 0 Å². The fraction of sp³-hybridized carbons (Fsp3) is 1.00. The van der Waals surface area contributed by atoms with Gasteiger partial charge in [-0.25, -0.2) is 8.78 Å². The van der Waals surface area contributed by atoms with Crippen LogP contribution in [0.3, 0.4) is 0 Å². The standard InChI is InChI=1S/C10HF21.Cl3HSi/c11-1(12)2(13,14)3(15,16)4(17,18)5(19,20)6(21,22)7(23,24)8(25,26)9(27,28)10(29,30)31;1-4(2)3/h1H;4H. The Bertz CT molecular complexity index is 710. The maximum absolute atomic E-state index is 13.1. The molecule has 0 saturated carbocycles. The molecule has 0 aromatic heterocycles. The Kier molecular flexibility index (Phi) is 10.6. The average Bonchev–Trinajstić information content (AvgIpc) is 2.58. The van der Waals surface area contributed by atoms with Crippen LogP contribution in [-0.2, 0) is 0 Å². The van der Waals surface area contributed by atoms with Gasteiger partial charge >= 0.3 is 66.7 Å². The van der Waals surface area contributed by atoms with Crippen molar-refractivity contribution in [2.45, 2.75) is 60.0 Å². The Labute approximate surface area is 193 Å². The van der Waals surface area contributed by atoms with Crippen molar-refractivity contribution in [2.75, 3.05) is 0 Å². The Hall–Kier alpha value is -0.383. The lowest BCUT2D eigenvalue weighted by atomic mass is 9.87. The first-order valence-electron chi connectivity index (χ1n) is 6.97. The fourth-order valence-electron chi connectivity index (χ4n) is 1.51. The minimum Gasteiger partial charge on any atom is -0.203 e. The number of halogens is 24. The SMILES string of the molecule is Cl[SiH](Cl)Cl.FC(F)C(F)(F)C(F)(F)C(F)(F)C(F)(F)C(F)(F)C(F)(F)C(F)(F)C(F)(F)C(F)(F)F. The van der Waals surface area contributed by atoms with Crippen LogP contribution in [0.4, 0.5) is 92.2 Å². The van der Waals surface area contributed by atoms with Gasteiger partial charge in [-0.3, -0.25) is 0 Å². The second-order valence-electron chi connectivity index (χ2n) is 5.69. The van der Waals surface area contributed by atoms with Crippen LogP contribution in [0.15, 0.2) is 0 Å². The lowest BCUT2D eigenvalue weighted by molar-refractivity contribution is -0.471. The highest BCUT2D eigenvalue weighted by atomic mass is 35.8. The van der Waals surface area contributed by atoms with Gasteiger partial charge < -0.3 is 0 Å². The van der Waals surface area contributed by atoms with Crippen molar-refractivity contribution in [3.05, 3.63) is 0 Å². The highest BCUT2D eigenvalue weighted by Crippen LogP contribution is 2.65. The van der Waals surface area contributed by atoms with Crippen LogP contribution in [0.1, 0.15) is 0 Å². The molecular formula is C10H2Cl3F21Si. The molecule has 0 bridgehead atoms. The molecule has 214 valence electrons. The van der Waals surface area contributed by atoms with Crippen molar-refractivity contribution in [3.63, 3.8) is 0 Å². The van der Waals surface area contributed by atoms with E-state index in [2.05, 4.69) is 0 Å². The van der Waals surface area contributed by atoms with Crippen LogP contribution in [0.25, 0.3) is 0 Å². The molecule has 0 aromatic rings. The molecule has 0 N–H and O–H groups in total. The summed E-state index contributed by atoms with van der Waals surface area (Å²) >= 11 is 14.8. The summed E-state index contributed by atoms with van der Waals surface area (Å²) in [6, 6.07) is 0. The summed E-state index contributed by atoms with van der Waals surface area (Å²) in [5, 5.41) is 0. The molecule has 0 aromatic carbocycles. The monoisotopic (exact) mass is 654 g/mol. The zero-order valence-electron chi connectivity index (χ0n) is 14.7. The minimum atomic E-state index is -9.11. The maximum Gasteiger partial charge on any atom is 0.460 e. The first kappa shape index (κ1) is 36.8. The summed E-state index contributed by atoms with van der Waals surface area (Å²) < 4.78 is 264. The van der Waals surface area contributed by atoms with Crippen LogP contribution < -0.4 is 0 Å². The second-order valence-corrected chi connectivity index (χ2v) is 12.1. The van der Waals surface area contributed by atoms with Crippen molar-refractivity contribution in [1.29, 1.82) is 0 Å². The van der Waals surface area contributed by atoms with Crippen molar-refractivity contribution in [1.82, 2.24) is 0 Å². The Morgan fingerprint density at radius 1 is 0.371 bits per heavy atom. The molecule has 0 aliphatic rings. The van der Waals surface area contributed by atoms with Gasteiger partial charge in [0.15, 0.2) is 0 Å². The molecule has 35 heavy (non-hydrogen) atoms. The molecule has 0 fully saturated rings. The number of rotatable bonds is 8. The van der Waals surface area contributed by atoms with E-state index in [0.29, 0.717) is 0 Å². The van der Waals surface area contributed by atoms with Crippen molar-refractivity contribution in [3.8, 4) is 0 Å². The highest BCUT2D eigenvalue weighted by molar-refractivity contribution is 7.54. The van der Waals surface area contributed by atoms with Gasteiger partial charge in [0.05, 0.1) is 0 Å². The van der Waals surface area contributed by atoms with E-state index in [-0.39, 0.29) is 0 Å². The number of alkyl halides is 21. The van der Waals surface area contributed by atoms with E-state index >= 15 is 0 Å². The molecule has 0 heterocycles. The van der Waals surface area contributed by atoms with E-state index in [1.165, 1.54) is 0 Å².